The Morgan fingerprint density at radius 1 is 1.10 bits per heavy atom. The van der Waals surface area contributed by atoms with Crippen LogP contribution in [0.5, 0.6) is 0 Å². The van der Waals surface area contributed by atoms with Crippen molar-refractivity contribution in [2.24, 2.45) is 0 Å². The summed E-state index contributed by atoms with van der Waals surface area (Å²) < 4.78 is 13.5. The zero-order valence-electron chi connectivity index (χ0n) is 10.2. The van der Waals surface area contributed by atoms with Crippen LogP contribution in [-0.4, -0.2) is 23.8 Å². The lowest BCUT2D eigenvalue weighted by atomic mass is 10.2. The molecule has 0 spiro atoms. The SMILES string of the molecule is O=C(NNC(=O)c1cc(F)cc(Br)c1)C(=O)NC1CC1. The van der Waals surface area contributed by atoms with Crippen molar-refractivity contribution in [3.05, 3.63) is 34.1 Å². The molecule has 1 saturated carbocycles. The third kappa shape index (κ3) is 4.02. The molecule has 1 aliphatic carbocycles. The van der Waals surface area contributed by atoms with E-state index in [0.29, 0.717) is 4.47 Å². The van der Waals surface area contributed by atoms with E-state index in [4.69, 9.17) is 0 Å². The average molecular weight is 344 g/mol. The zero-order chi connectivity index (χ0) is 14.7. The predicted octanol–water partition coefficient (Wildman–Crippen LogP) is 0.628. The molecule has 6 nitrogen and oxygen atoms in total. The summed E-state index contributed by atoms with van der Waals surface area (Å²) in [5, 5.41) is 2.47. The second-order valence-corrected chi connectivity index (χ2v) is 5.23. The van der Waals surface area contributed by atoms with Gasteiger partial charge in [0.05, 0.1) is 0 Å². The monoisotopic (exact) mass is 343 g/mol. The molecule has 1 aromatic rings. The van der Waals surface area contributed by atoms with Gasteiger partial charge in [0.1, 0.15) is 5.82 Å². The van der Waals surface area contributed by atoms with Crippen LogP contribution >= 0.6 is 15.9 Å². The molecule has 8 heteroatoms. The van der Waals surface area contributed by atoms with E-state index < -0.39 is 23.5 Å². The largest absolute Gasteiger partial charge is 0.345 e. The van der Waals surface area contributed by atoms with Crippen molar-refractivity contribution in [2.45, 2.75) is 18.9 Å². The number of carbonyl (C=O) groups is 3. The molecule has 1 aromatic carbocycles. The summed E-state index contributed by atoms with van der Waals surface area (Å²) in [5.41, 5.74) is 4.02. The Labute approximate surface area is 122 Å². The van der Waals surface area contributed by atoms with Gasteiger partial charge >= 0.3 is 11.8 Å². The van der Waals surface area contributed by atoms with Crippen LogP contribution in [0, 0.1) is 5.82 Å². The van der Waals surface area contributed by atoms with Crippen molar-refractivity contribution in [2.75, 3.05) is 0 Å². The molecule has 0 saturated heterocycles. The van der Waals surface area contributed by atoms with E-state index in [9.17, 15) is 18.8 Å². The molecule has 0 aromatic heterocycles. The van der Waals surface area contributed by atoms with Gasteiger partial charge in [0, 0.05) is 16.1 Å². The number of hydrazine groups is 1. The number of carbonyl (C=O) groups excluding carboxylic acids is 3. The lowest BCUT2D eigenvalue weighted by Gasteiger charge is -2.07. The van der Waals surface area contributed by atoms with Crippen molar-refractivity contribution in [3.8, 4) is 0 Å². The number of amides is 3. The maximum atomic E-state index is 13.1. The third-order valence-corrected chi connectivity index (χ3v) is 2.99. The van der Waals surface area contributed by atoms with Crippen molar-refractivity contribution in [3.63, 3.8) is 0 Å². The molecule has 3 amide bonds. The number of hydrogen-bond acceptors (Lipinski definition) is 3. The first-order chi connectivity index (χ1) is 9.45. The summed E-state index contributed by atoms with van der Waals surface area (Å²) in [5.74, 6) is -3.10. The van der Waals surface area contributed by atoms with Gasteiger partial charge in [-0.15, -0.1) is 0 Å². The average Bonchev–Trinajstić information content (AvgIpc) is 3.18. The van der Waals surface area contributed by atoms with Crippen molar-refractivity contribution in [1.82, 2.24) is 16.2 Å². The Morgan fingerprint density at radius 3 is 2.40 bits per heavy atom. The molecule has 2 rings (SSSR count). The number of rotatable bonds is 2. The van der Waals surface area contributed by atoms with Gasteiger partial charge in [-0.3, -0.25) is 25.2 Å². The minimum Gasteiger partial charge on any atom is -0.345 e. The molecular weight excluding hydrogens is 333 g/mol. The maximum absolute atomic E-state index is 13.1. The first kappa shape index (κ1) is 14.4. The van der Waals surface area contributed by atoms with Crippen molar-refractivity contribution >= 4 is 33.7 Å². The summed E-state index contributed by atoms with van der Waals surface area (Å²) in [6.45, 7) is 0. The van der Waals surface area contributed by atoms with Crippen molar-refractivity contribution in [1.29, 1.82) is 0 Å². The number of benzene rings is 1. The molecular formula is C12H11BrFN3O3. The highest BCUT2D eigenvalue weighted by Crippen LogP contribution is 2.18. The number of hydrogen-bond donors (Lipinski definition) is 3. The molecule has 0 aliphatic heterocycles. The van der Waals surface area contributed by atoms with E-state index in [-0.39, 0.29) is 11.6 Å². The van der Waals surface area contributed by atoms with E-state index >= 15 is 0 Å². The Morgan fingerprint density at radius 2 is 1.80 bits per heavy atom. The van der Waals surface area contributed by atoms with Gasteiger partial charge in [0.15, 0.2) is 0 Å². The van der Waals surface area contributed by atoms with E-state index in [1.54, 1.807) is 0 Å². The zero-order valence-corrected chi connectivity index (χ0v) is 11.8. The van der Waals surface area contributed by atoms with Crippen LogP contribution in [0.3, 0.4) is 0 Å². The fraction of sp³-hybridized carbons (Fsp3) is 0.250. The van der Waals surface area contributed by atoms with Gasteiger partial charge in [0.2, 0.25) is 0 Å². The lowest BCUT2D eigenvalue weighted by molar-refractivity contribution is -0.139. The predicted molar refractivity (Wildman–Crippen MR) is 70.9 cm³/mol. The van der Waals surface area contributed by atoms with Crippen LogP contribution in [0.1, 0.15) is 23.2 Å². The Bertz CT molecular complexity index is 555. The summed E-state index contributed by atoms with van der Waals surface area (Å²) in [4.78, 5) is 34.3. The highest BCUT2D eigenvalue weighted by molar-refractivity contribution is 9.10. The molecule has 106 valence electrons. The second-order valence-electron chi connectivity index (χ2n) is 4.31. The fourth-order valence-corrected chi connectivity index (χ4v) is 1.87. The van der Waals surface area contributed by atoms with Gasteiger partial charge < -0.3 is 5.32 Å². The van der Waals surface area contributed by atoms with E-state index in [1.807, 2.05) is 10.9 Å². The topological polar surface area (TPSA) is 87.3 Å². The Hall–Kier alpha value is -1.96. The Kier molecular flexibility index (Phi) is 4.33. The highest BCUT2D eigenvalue weighted by atomic mass is 79.9. The summed E-state index contributed by atoms with van der Waals surface area (Å²) in [6.07, 6.45) is 1.70. The van der Waals surface area contributed by atoms with E-state index in [0.717, 1.165) is 18.9 Å². The summed E-state index contributed by atoms with van der Waals surface area (Å²) >= 11 is 3.05. The first-order valence-electron chi connectivity index (χ1n) is 5.83. The minimum atomic E-state index is -0.972. The molecule has 1 fully saturated rings. The highest BCUT2D eigenvalue weighted by Gasteiger charge is 2.26. The molecule has 0 bridgehead atoms. The van der Waals surface area contributed by atoms with Crippen LogP contribution < -0.4 is 16.2 Å². The van der Waals surface area contributed by atoms with Crippen LogP contribution in [-0.2, 0) is 9.59 Å². The maximum Gasteiger partial charge on any atom is 0.327 e. The lowest BCUT2D eigenvalue weighted by Crippen LogP contribution is -2.49. The normalized spacial score (nSPS) is 13.5. The standard InChI is InChI=1S/C12H11BrFN3O3/c13-7-3-6(4-8(14)5-7)10(18)16-17-12(20)11(19)15-9-1-2-9/h3-5,9H,1-2H2,(H,15,19)(H,16,18)(H,17,20). The van der Waals surface area contributed by atoms with Gasteiger partial charge in [-0.25, -0.2) is 4.39 Å². The third-order valence-electron chi connectivity index (χ3n) is 2.53. The minimum absolute atomic E-state index is 0.0137. The Balaban J connectivity index is 1.87. The van der Waals surface area contributed by atoms with Gasteiger partial charge in [0.25, 0.3) is 5.91 Å². The smallest absolute Gasteiger partial charge is 0.327 e. The van der Waals surface area contributed by atoms with Crippen LogP contribution in [0.4, 0.5) is 4.39 Å². The van der Waals surface area contributed by atoms with Crippen LogP contribution in [0.15, 0.2) is 22.7 Å². The van der Waals surface area contributed by atoms with E-state index in [2.05, 4.69) is 21.2 Å². The van der Waals surface area contributed by atoms with Gasteiger partial charge in [-0.2, -0.15) is 0 Å². The summed E-state index contributed by atoms with van der Waals surface area (Å²) in [7, 11) is 0. The quantitative estimate of drug-likeness (QED) is 0.543. The van der Waals surface area contributed by atoms with Crippen LogP contribution in [0.2, 0.25) is 0 Å². The van der Waals surface area contributed by atoms with Gasteiger partial charge in [-0.1, -0.05) is 15.9 Å². The van der Waals surface area contributed by atoms with Gasteiger partial charge in [-0.05, 0) is 31.0 Å². The fourth-order valence-electron chi connectivity index (χ4n) is 1.41. The number of halogens is 2. The second kappa shape index (κ2) is 6.00. The molecule has 1 aliphatic rings. The molecule has 0 atom stereocenters. The first-order valence-corrected chi connectivity index (χ1v) is 6.62. The molecule has 3 N–H and O–H groups in total. The molecule has 0 radical (unpaired) electrons. The molecule has 0 unspecified atom stereocenters. The molecule has 20 heavy (non-hydrogen) atoms. The van der Waals surface area contributed by atoms with Crippen LogP contribution in [0.25, 0.3) is 0 Å². The number of nitrogens with one attached hydrogen (secondary N) is 3. The van der Waals surface area contributed by atoms with Crippen molar-refractivity contribution < 1.29 is 18.8 Å². The van der Waals surface area contributed by atoms with E-state index in [1.165, 1.54) is 12.1 Å². The molecule has 0 heterocycles. The summed E-state index contributed by atoms with van der Waals surface area (Å²) in [6, 6.07) is 3.63.